The minimum atomic E-state index is -0.223. The Morgan fingerprint density at radius 1 is 1.05 bits per heavy atom. The summed E-state index contributed by atoms with van der Waals surface area (Å²) in [5.41, 5.74) is 3.58. The molecule has 2 aromatic rings. The summed E-state index contributed by atoms with van der Waals surface area (Å²) < 4.78 is 13.9. The molecule has 0 aliphatic rings. The van der Waals surface area contributed by atoms with Crippen molar-refractivity contribution in [3.8, 4) is 0 Å². The van der Waals surface area contributed by atoms with Crippen LogP contribution in [-0.2, 0) is 0 Å². The molecule has 0 saturated carbocycles. The summed E-state index contributed by atoms with van der Waals surface area (Å²) in [6.45, 7) is 6.32. The van der Waals surface area contributed by atoms with Crippen molar-refractivity contribution in [2.24, 2.45) is 0 Å². The number of halogens is 2. The SMILES string of the molecule is Cc1cccc([C@@H](C)NC(C)c2ccc(F)cc2Br)c1. The molecule has 0 bridgehead atoms. The van der Waals surface area contributed by atoms with Crippen molar-refractivity contribution in [1.29, 1.82) is 0 Å². The van der Waals surface area contributed by atoms with Crippen LogP contribution in [0.3, 0.4) is 0 Å². The monoisotopic (exact) mass is 335 g/mol. The van der Waals surface area contributed by atoms with E-state index < -0.39 is 0 Å². The van der Waals surface area contributed by atoms with Gasteiger partial charge < -0.3 is 5.32 Å². The van der Waals surface area contributed by atoms with Gasteiger partial charge in [0.2, 0.25) is 0 Å². The first-order valence-electron chi connectivity index (χ1n) is 6.75. The van der Waals surface area contributed by atoms with Crippen molar-refractivity contribution in [2.75, 3.05) is 0 Å². The molecule has 0 spiro atoms. The predicted octanol–water partition coefficient (Wildman–Crippen LogP) is 5.31. The highest BCUT2D eigenvalue weighted by atomic mass is 79.9. The molecule has 2 rings (SSSR count). The predicted molar refractivity (Wildman–Crippen MR) is 85.2 cm³/mol. The van der Waals surface area contributed by atoms with E-state index in [0.29, 0.717) is 0 Å². The Balaban J connectivity index is 2.12. The molecule has 2 aromatic carbocycles. The molecule has 0 fully saturated rings. The van der Waals surface area contributed by atoms with Gasteiger partial charge in [-0.2, -0.15) is 0 Å². The summed E-state index contributed by atoms with van der Waals surface area (Å²) in [7, 11) is 0. The maximum Gasteiger partial charge on any atom is 0.124 e. The van der Waals surface area contributed by atoms with E-state index in [-0.39, 0.29) is 17.9 Å². The molecule has 0 aliphatic carbocycles. The molecular formula is C17H19BrFN. The normalized spacial score (nSPS) is 14.1. The quantitative estimate of drug-likeness (QED) is 0.798. The molecule has 0 aliphatic heterocycles. The van der Waals surface area contributed by atoms with Crippen LogP contribution in [0.4, 0.5) is 4.39 Å². The Morgan fingerprint density at radius 2 is 1.80 bits per heavy atom. The first-order chi connectivity index (χ1) is 9.47. The smallest absolute Gasteiger partial charge is 0.124 e. The molecule has 1 N–H and O–H groups in total. The third kappa shape index (κ3) is 3.68. The van der Waals surface area contributed by atoms with Gasteiger partial charge in [-0.25, -0.2) is 4.39 Å². The Bertz CT molecular complexity index is 597. The zero-order chi connectivity index (χ0) is 14.7. The van der Waals surface area contributed by atoms with Crippen LogP contribution in [0.2, 0.25) is 0 Å². The zero-order valence-corrected chi connectivity index (χ0v) is 13.5. The van der Waals surface area contributed by atoms with Crippen LogP contribution in [0, 0.1) is 12.7 Å². The van der Waals surface area contributed by atoms with Gasteiger partial charge in [-0.1, -0.05) is 51.8 Å². The van der Waals surface area contributed by atoms with Gasteiger partial charge in [-0.15, -0.1) is 0 Å². The van der Waals surface area contributed by atoms with Crippen LogP contribution >= 0.6 is 15.9 Å². The van der Waals surface area contributed by atoms with Gasteiger partial charge in [0, 0.05) is 16.6 Å². The number of nitrogens with one attached hydrogen (secondary N) is 1. The topological polar surface area (TPSA) is 12.0 Å². The van der Waals surface area contributed by atoms with E-state index in [4.69, 9.17) is 0 Å². The second kappa shape index (κ2) is 6.51. The molecule has 0 radical (unpaired) electrons. The second-order valence-electron chi connectivity index (χ2n) is 5.19. The van der Waals surface area contributed by atoms with Gasteiger partial charge >= 0.3 is 0 Å². The van der Waals surface area contributed by atoms with Gasteiger partial charge in [0.05, 0.1) is 0 Å². The Labute approximate surface area is 128 Å². The fourth-order valence-corrected chi connectivity index (χ4v) is 3.05. The number of benzene rings is 2. The fraction of sp³-hybridized carbons (Fsp3) is 0.294. The molecule has 0 amide bonds. The highest BCUT2D eigenvalue weighted by molar-refractivity contribution is 9.10. The fourth-order valence-electron chi connectivity index (χ4n) is 2.35. The van der Waals surface area contributed by atoms with E-state index in [9.17, 15) is 4.39 Å². The maximum atomic E-state index is 13.1. The van der Waals surface area contributed by atoms with Gasteiger partial charge in [-0.3, -0.25) is 0 Å². The number of rotatable bonds is 4. The summed E-state index contributed by atoms with van der Waals surface area (Å²) in [6.07, 6.45) is 0. The lowest BCUT2D eigenvalue weighted by atomic mass is 10.0. The minimum Gasteiger partial charge on any atom is -0.304 e. The Hall–Kier alpha value is -1.19. The lowest BCUT2D eigenvalue weighted by Gasteiger charge is -2.22. The van der Waals surface area contributed by atoms with E-state index >= 15 is 0 Å². The van der Waals surface area contributed by atoms with E-state index in [1.807, 2.05) is 6.07 Å². The third-order valence-corrected chi connectivity index (χ3v) is 4.16. The van der Waals surface area contributed by atoms with Gasteiger partial charge in [0.1, 0.15) is 5.82 Å². The van der Waals surface area contributed by atoms with Crippen molar-refractivity contribution in [3.63, 3.8) is 0 Å². The van der Waals surface area contributed by atoms with Gasteiger partial charge in [0.15, 0.2) is 0 Å². The van der Waals surface area contributed by atoms with Crippen molar-refractivity contribution < 1.29 is 4.39 Å². The summed E-state index contributed by atoms with van der Waals surface area (Å²) >= 11 is 3.43. The Morgan fingerprint density at radius 3 is 2.45 bits per heavy atom. The van der Waals surface area contributed by atoms with Crippen LogP contribution in [0.25, 0.3) is 0 Å². The van der Waals surface area contributed by atoms with Crippen LogP contribution in [0.1, 0.15) is 42.6 Å². The molecule has 2 atom stereocenters. The zero-order valence-electron chi connectivity index (χ0n) is 12.0. The average molecular weight is 336 g/mol. The van der Waals surface area contributed by atoms with Crippen LogP contribution < -0.4 is 5.32 Å². The third-order valence-electron chi connectivity index (χ3n) is 3.47. The molecule has 106 valence electrons. The number of aryl methyl sites for hydroxylation is 1. The summed E-state index contributed by atoms with van der Waals surface area (Å²) in [5.74, 6) is -0.223. The summed E-state index contributed by atoms with van der Waals surface area (Å²) in [6, 6.07) is 13.7. The molecule has 20 heavy (non-hydrogen) atoms. The lowest BCUT2D eigenvalue weighted by Crippen LogP contribution is -2.22. The molecule has 0 saturated heterocycles. The second-order valence-corrected chi connectivity index (χ2v) is 6.04. The van der Waals surface area contributed by atoms with Crippen molar-refractivity contribution in [1.82, 2.24) is 5.32 Å². The largest absolute Gasteiger partial charge is 0.304 e. The number of hydrogen-bond donors (Lipinski definition) is 1. The molecule has 0 aromatic heterocycles. The standard InChI is InChI=1S/C17H19BrFN/c1-11-5-4-6-14(9-11)12(2)20-13(3)16-8-7-15(19)10-17(16)18/h4-10,12-13,20H,1-3H3/t12-,13?/m1/s1. The molecule has 3 heteroatoms. The minimum absolute atomic E-state index is 0.139. The number of hydrogen-bond acceptors (Lipinski definition) is 1. The van der Waals surface area contributed by atoms with E-state index in [0.717, 1.165) is 10.0 Å². The maximum absolute atomic E-state index is 13.1. The van der Waals surface area contributed by atoms with Crippen molar-refractivity contribution in [2.45, 2.75) is 32.9 Å². The summed E-state index contributed by atoms with van der Waals surface area (Å²) in [4.78, 5) is 0. The highest BCUT2D eigenvalue weighted by Crippen LogP contribution is 2.26. The molecular weight excluding hydrogens is 317 g/mol. The van der Waals surface area contributed by atoms with Crippen molar-refractivity contribution >= 4 is 15.9 Å². The van der Waals surface area contributed by atoms with Gasteiger partial charge in [-0.05, 0) is 44.0 Å². The van der Waals surface area contributed by atoms with E-state index in [2.05, 4.69) is 66.3 Å². The molecule has 0 heterocycles. The average Bonchev–Trinajstić information content (AvgIpc) is 2.38. The van der Waals surface area contributed by atoms with Crippen LogP contribution in [-0.4, -0.2) is 0 Å². The van der Waals surface area contributed by atoms with E-state index in [1.54, 1.807) is 0 Å². The first-order valence-corrected chi connectivity index (χ1v) is 7.54. The van der Waals surface area contributed by atoms with E-state index in [1.165, 1.54) is 23.3 Å². The Kier molecular flexibility index (Phi) is 4.95. The van der Waals surface area contributed by atoms with Crippen LogP contribution in [0.15, 0.2) is 46.9 Å². The van der Waals surface area contributed by atoms with Crippen molar-refractivity contribution in [3.05, 3.63) is 69.4 Å². The lowest BCUT2D eigenvalue weighted by molar-refractivity contribution is 0.492. The first kappa shape index (κ1) is 15.2. The summed E-state index contributed by atoms with van der Waals surface area (Å²) in [5, 5.41) is 3.55. The molecule has 1 unspecified atom stereocenters. The van der Waals surface area contributed by atoms with Gasteiger partial charge in [0.25, 0.3) is 0 Å². The molecule has 1 nitrogen and oxygen atoms in total. The highest BCUT2D eigenvalue weighted by Gasteiger charge is 2.14. The van der Waals surface area contributed by atoms with Crippen LogP contribution in [0.5, 0.6) is 0 Å².